The molecule has 3 rings (SSSR count). The molecule has 1 unspecified atom stereocenters. The van der Waals surface area contributed by atoms with Gasteiger partial charge in [0, 0.05) is 0 Å². The minimum Gasteiger partial charge on any atom is -0.467 e. The van der Waals surface area contributed by atoms with Crippen molar-refractivity contribution in [3.8, 4) is 5.69 Å². The monoisotopic (exact) mass is 254 g/mol. The van der Waals surface area contributed by atoms with E-state index < -0.39 is 0 Å². The maximum atomic E-state index is 5.42. The maximum Gasteiger partial charge on any atom is 0.126 e. The summed E-state index contributed by atoms with van der Waals surface area (Å²) in [6.45, 7) is 0. The number of aromatic nitrogens is 3. The van der Waals surface area contributed by atoms with Crippen LogP contribution in [0.5, 0.6) is 0 Å². The number of para-hydroxylation sites is 1. The smallest absolute Gasteiger partial charge is 0.126 e. The maximum absolute atomic E-state index is 5.42. The van der Waals surface area contributed by atoms with Gasteiger partial charge in [-0.25, -0.2) is 0 Å². The average Bonchev–Trinajstić information content (AvgIpc) is 3.12. The van der Waals surface area contributed by atoms with Gasteiger partial charge >= 0.3 is 0 Å². The van der Waals surface area contributed by atoms with Crippen LogP contribution in [0.25, 0.3) is 5.69 Å². The van der Waals surface area contributed by atoms with Crippen LogP contribution in [0.1, 0.15) is 17.5 Å². The summed E-state index contributed by atoms with van der Waals surface area (Å²) in [6, 6.07) is 13.5. The Balaban J connectivity index is 1.93. The molecule has 0 fully saturated rings. The second-order valence-electron chi connectivity index (χ2n) is 4.13. The van der Waals surface area contributed by atoms with Crippen LogP contribution < -0.4 is 5.32 Å². The number of hydrogen-bond donors (Lipinski definition) is 1. The van der Waals surface area contributed by atoms with Gasteiger partial charge in [0.2, 0.25) is 0 Å². The van der Waals surface area contributed by atoms with Crippen molar-refractivity contribution in [2.24, 2.45) is 0 Å². The van der Waals surface area contributed by atoms with Gasteiger partial charge in [0.15, 0.2) is 0 Å². The lowest BCUT2D eigenvalue weighted by atomic mass is 10.2. The first-order valence-corrected chi connectivity index (χ1v) is 6.07. The van der Waals surface area contributed by atoms with Crippen LogP contribution in [-0.2, 0) is 0 Å². The van der Waals surface area contributed by atoms with Gasteiger partial charge in [-0.3, -0.25) is 0 Å². The van der Waals surface area contributed by atoms with Gasteiger partial charge in [0.1, 0.15) is 17.5 Å². The third-order valence-corrected chi connectivity index (χ3v) is 2.91. The normalized spacial score (nSPS) is 12.5. The summed E-state index contributed by atoms with van der Waals surface area (Å²) in [6.07, 6.45) is 3.40. The number of hydrogen-bond acceptors (Lipinski definition) is 4. The van der Waals surface area contributed by atoms with Gasteiger partial charge in [-0.1, -0.05) is 18.2 Å². The van der Waals surface area contributed by atoms with E-state index in [-0.39, 0.29) is 6.04 Å². The molecule has 3 aromatic rings. The molecule has 0 amide bonds. The molecule has 0 aliphatic carbocycles. The summed E-state index contributed by atoms with van der Waals surface area (Å²) in [5.74, 6) is 0.822. The Labute approximate surface area is 110 Å². The van der Waals surface area contributed by atoms with E-state index in [1.165, 1.54) is 0 Å². The predicted octanol–water partition coefficient (Wildman–Crippen LogP) is 2.17. The molecule has 0 bridgehead atoms. The summed E-state index contributed by atoms with van der Waals surface area (Å²) in [5, 5.41) is 12.0. The molecule has 2 aromatic heterocycles. The molecule has 0 saturated carbocycles. The van der Waals surface area contributed by atoms with Gasteiger partial charge in [-0.2, -0.15) is 15.0 Å². The molecular weight excluding hydrogens is 240 g/mol. The summed E-state index contributed by atoms with van der Waals surface area (Å²) in [4.78, 5) is 1.61. The molecular formula is C14H14N4O. The largest absolute Gasteiger partial charge is 0.467 e. The molecule has 1 N–H and O–H groups in total. The van der Waals surface area contributed by atoms with Crippen LogP contribution in [0.4, 0.5) is 0 Å². The van der Waals surface area contributed by atoms with Crippen molar-refractivity contribution in [3.05, 3.63) is 66.4 Å². The van der Waals surface area contributed by atoms with Crippen LogP contribution in [0.15, 0.2) is 59.3 Å². The van der Waals surface area contributed by atoms with Crippen molar-refractivity contribution in [1.82, 2.24) is 20.3 Å². The predicted molar refractivity (Wildman–Crippen MR) is 71.0 cm³/mol. The van der Waals surface area contributed by atoms with Crippen LogP contribution in [-0.4, -0.2) is 22.0 Å². The van der Waals surface area contributed by atoms with E-state index in [2.05, 4.69) is 15.5 Å². The Morgan fingerprint density at radius 1 is 1.16 bits per heavy atom. The summed E-state index contributed by atoms with van der Waals surface area (Å²) < 4.78 is 5.42. The fourth-order valence-corrected chi connectivity index (χ4v) is 1.98. The zero-order valence-electron chi connectivity index (χ0n) is 10.5. The first-order chi connectivity index (χ1) is 9.38. The number of nitrogens with one attached hydrogen (secondary N) is 1. The Bertz CT molecular complexity index is 631. The molecule has 1 atom stereocenters. The van der Waals surface area contributed by atoms with Crippen molar-refractivity contribution in [2.45, 2.75) is 6.04 Å². The number of nitrogens with zero attached hydrogens (tertiary/aromatic N) is 3. The topological polar surface area (TPSA) is 55.9 Å². The van der Waals surface area contributed by atoms with E-state index >= 15 is 0 Å². The fourth-order valence-electron chi connectivity index (χ4n) is 1.98. The van der Waals surface area contributed by atoms with E-state index in [9.17, 15) is 0 Å². The lowest BCUT2D eigenvalue weighted by Crippen LogP contribution is -2.17. The number of rotatable bonds is 4. The SMILES string of the molecule is CNC(c1cnn(-c2ccccc2)n1)c1ccco1. The van der Waals surface area contributed by atoms with Crippen molar-refractivity contribution in [1.29, 1.82) is 0 Å². The van der Waals surface area contributed by atoms with E-state index in [4.69, 9.17) is 4.42 Å². The van der Waals surface area contributed by atoms with Crippen molar-refractivity contribution >= 4 is 0 Å². The van der Waals surface area contributed by atoms with Crippen LogP contribution in [0.3, 0.4) is 0 Å². The highest BCUT2D eigenvalue weighted by Crippen LogP contribution is 2.20. The Kier molecular flexibility index (Phi) is 3.12. The fraction of sp³-hybridized carbons (Fsp3) is 0.143. The third kappa shape index (κ3) is 2.28. The number of benzene rings is 1. The minimum absolute atomic E-state index is 0.0903. The average molecular weight is 254 g/mol. The second kappa shape index (κ2) is 5.07. The highest BCUT2D eigenvalue weighted by molar-refractivity contribution is 5.29. The molecule has 19 heavy (non-hydrogen) atoms. The Morgan fingerprint density at radius 2 is 2.00 bits per heavy atom. The molecule has 5 nitrogen and oxygen atoms in total. The van der Waals surface area contributed by atoms with E-state index in [0.717, 1.165) is 17.1 Å². The zero-order chi connectivity index (χ0) is 13.1. The lowest BCUT2D eigenvalue weighted by molar-refractivity contribution is 0.457. The molecule has 96 valence electrons. The summed E-state index contributed by atoms with van der Waals surface area (Å²) in [5.41, 5.74) is 1.75. The number of furan rings is 1. The lowest BCUT2D eigenvalue weighted by Gasteiger charge is -2.09. The molecule has 2 heterocycles. The first kappa shape index (κ1) is 11.7. The van der Waals surface area contributed by atoms with Crippen molar-refractivity contribution in [3.63, 3.8) is 0 Å². The highest BCUT2D eigenvalue weighted by atomic mass is 16.3. The molecule has 0 saturated heterocycles. The van der Waals surface area contributed by atoms with Crippen LogP contribution in [0.2, 0.25) is 0 Å². The van der Waals surface area contributed by atoms with Gasteiger partial charge in [-0.15, -0.1) is 0 Å². The third-order valence-electron chi connectivity index (χ3n) is 2.91. The van der Waals surface area contributed by atoms with Crippen LogP contribution >= 0.6 is 0 Å². The Hall–Kier alpha value is -2.40. The van der Waals surface area contributed by atoms with Crippen molar-refractivity contribution in [2.75, 3.05) is 7.05 Å². The molecule has 0 aliphatic heterocycles. The highest BCUT2D eigenvalue weighted by Gasteiger charge is 2.18. The van der Waals surface area contributed by atoms with Gasteiger partial charge < -0.3 is 9.73 Å². The minimum atomic E-state index is -0.0903. The van der Waals surface area contributed by atoms with E-state index in [1.54, 1.807) is 17.3 Å². The first-order valence-electron chi connectivity index (χ1n) is 6.07. The summed E-state index contributed by atoms with van der Waals surface area (Å²) >= 11 is 0. The van der Waals surface area contributed by atoms with Crippen LogP contribution in [0, 0.1) is 0 Å². The quantitative estimate of drug-likeness (QED) is 0.775. The zero-order valence-corrected chi connectivity index (χ0v) is 10.5. The van der Waals surface area contributed by atoms with Gasteiger partial charge in [0.05, 0.1) is 18.1 Å². The second-order valence-corrected chi connectivity index (χ2v) is 4.13. The molecule has 0 spiro atoms. The molecule has 0 aliphatic rings. The Morgan fingerprint density at radius 3 is 2.68 bits per heavy atom. The van der Waals surface area contributed by atoms with Crippen molar-refractivity contribution < 1.29 is 4.42 Å². The van der Waals surface area contributed by atoms with Gasteiger partial charge in [0.25, 0.3) is 0 Å². The van der Waals surface area contributed by atoms with E-state index in [0.29, 0.717) is 0 Å². The standard InChI is InChI=1S/C14H14N4O/c1-15-14(13-8-5-9-19-13)12-10-16-18(17-12)11-6-3-2-4-7-11/h2-10,14-15H,1H3. The molecule has 0 radical (unpaired) electrons. The summed E-state index contributed by atoms with van der Waals surface area (Å²) in [7, 11) is 1.87. The van der Waals surface area contributed by atoms with Gasteiger partial charge in [-0.05, 0) is 31.3 Å². The van der Waals surface area contributed by atoms with E-state index in [1.807, 2.05) is 49.5 Å². The molecule has 5 heteroatoms. The molecule has 1 aromatic carbocycles.